The zero-order valence-electron chi connectivity index (χ0n) is 7.90. The molecule has 1 aliphatic heterocycles. The molecule has 0 aromatic heterocycles. The first-order valence-electron chi connectivity index (χ1n) is 4.49. The van der Waals surface area contributed by atoms with Crippen LogP contribution in [0.5, 0.6) is 0 Å². The first-order chi connectivity index (χ1) is 6.45. The first-order valence-corrected chi connectivity index (χ1v) is 4.49. The second-order valence-electron chi connectivity index (χ2n) is 3.17. The van der Waals surface area contributed by atoms with E-state index in [0.29, 0.717) is 6.42 Å². The zero-order chi connectivity index (χ0) is 10.8. The normalized spacial score (nSPS) is 18.0. The van der Waals surface area contributed by atoms with Crippen molar-refractivity contribution in [2.45, 2.75) is 25.9 Å². The Morgan fingerprint density at radius 2 is 2.21 bits per heavy atom. The lowest BCUT2D eigenvalue weighted by Crippen LogP contribution is -2.36. The molecule has 0 unspecified atom stereocenters. The predicted molar refractivity (Wildman–Crippen MR) is 45.6 cm³/mol. The van der Waals surface area contributed by atoms with Crippen LogP contribution in [0.1, 0.15) is 19.8 Å². The minimum atomic E-state index is -4.23. The highest BCUT2D eigenvalue weighted by atomic mass is 19.4. The van der Waals surface area contributed by atoms with E-state index in [0.717, 1.165) is 6.08 Å². The van der Waals surface area contributed by atoms with Crippen LogP contribution in [0.15, 0.2) is 11.6 Å². The molecule has 80 valence electrons. The van der Waals surface area contributed by atoms with Gasteiger partial charge in [0.25, 0.3) is 0 Å². The molecule has 0 aromatic rings. The van der Waals surface area contributed by atoms with Crippen molar-refractivity contribution in [3.8, 4) is 0 Å². The Bertz CT molecular complexity index is 257. The molecule has 2 nitrogen and oxygen atoms in total. The Kier molecular flexibility index (Phi) is 3.18. The molecule has 1 aliphatic rings. The van der Waals surface area contributed by atoms with Crippen LogP contribution in [-0.4, -0.2) is 30.1 Å². The van der Waals surface area contributed by atoms with Crippen LogP contribution >= 0.6 is 0 Å². The zero-order valence-corrected chi connectivity index (χ0v) is 7.90. The lowest BCUT2D eigenvalue weighted by molar-refractivity contribution is -0.131. The van der Waals surface area contributed by atoms with Crippen LogP contribution in [0, 0.1) is 0 Å². The maximum absolute atomic E-state index is 12.2. The van der Waals surface area contributed by atoms with Crippen LogP contribution < -0.4 is 0 Å². The number of hydrogen-bond donors (Lipinski definition) is 0. The van der Waals surface area contributed by atoms with E-state index in [2.05, 4.69) is 0 Å². The predicted octanol–water partition coefficient (Wildman–Crippen LogP) is 2.12. The second kappa shape index (κ2) is 4.02. The maximum Gasteiger partial charge on any atom is 0.412 e. The third-order valence-corrected chi connectivity index (χ3v) is 2.23. The van der Waals surface area contributed by atoms with Crippen molar-refractivity contribution in [3.63, 3.8) is 0 Å². The monoisotopic (exact) mass is 207 g/mol. The van der Waals surface area contributed by atoms with Crippen LogP contribution in [0.3, 0.4) is 0 Å². The number of rotatable bonds is 1. The van der Waals surface area contributed by atoms with E-state index in [4.69, 9.17) is 0 Å². The molecule has 0 saturated heterocycles. The molecule has 0 N–H and O–H groups in total. The minimum absolute atomic E-state index is 0.0848. The van der Waals surface area contributed by atoms with Crippen molar-refractivity contribution >= 4 is 5.91 Å². The van der Waals surface area contributed by atoms with Gasteiger partial charge in [0, 0.05) is 25.1 Å². The first kappa shape index (κ1) is 11.1. The summed E-state index contributed by atoms with van der Waals surface area (Å²) < 4.78 is 36.5. The summed E-state index contributed by atoms with van der Waals surface area (Å²) in [4.78, 5) is 12.6. The number of carbonyl (C=O) groups is 1. The summed E-state index contributed by atoms with van der Waals surface area (Å²) in [7, 11) is 0. The van der Waals surface area contributed by atoms with Gasteiger partial charge in [0.15, 0.2) is 0 Å². The van der Waals surface area contributed by atoms with Crippen molar-refractivity contribution in [2.75, 3.05) is 13.1 Å². The molecule has 0 aliphatic carbocycles. The topological polar surface area (TPSA) is 20.3 Å². The summed E-state index contributed by atoms with van der Waals surface area (Å²) in [6.07, 6.45) is -2.89. The molecule has 1 rings (SSSR count). The van der Waals surface area contributed by atoms with Gasteiger partial charge in [-0.25, -0.2) is 0 Å². The maximum atomic E-state index is 12.2. The van der Waals surface area contributed by atoms with Gasteiger partial charge in [0.2, 0.25) is 5.91 Å². The van der Waals surface area contributed by atoms with Crippen LogP contribution in [0.2, 0.25) is 0 Å². The van der Waals surface area contributed by atoms with Crippen molar-refractivity contribution in [2.24, 2.45) is 0 Å². The van der Waals surface area contributed by atoms with Gasteiger partial charge in [0.1, 0.15) is 0 Å². The fourth-order valence-corrected chi connectivity index (χ4v) is 1.38. The van der Waals surface area contributed by atoms with Gasteiger partial charge in [0.05, 0.1) is 0 Å². The van der Waals surface area contributed by atoms with E-state index in [-0.39, 0.29) is 25.4 Å². The van der Waals surface area contributed by atoms with Crippen molar-refractivity contribution in [1.82, 2.24) is 4.90 Å². The minimum Gasteiger partial charge on any atom is -0.339 e. The number of alkyl halides is 3. The van der Waals surface area contributed by atoms with E-state index in [1.54, 1.807) is 6.92 Å². The Morgan fingerprint density at radius 3 is 2.57 bits per heavy atom. The largest absolute Gasteiger partial charge is 0.412 e. The molecule has 0 fully saturated rings. The fraction of sp³-hybridized carbons (Fsp3) is 0.667. The third-order valence-electron chi connectivity index (χ3n) is 2.23. The van der Waals surface area contributed by atoms with Crippen LogP contribution in [0.25, 0.3) is 0 Å². The number of carbonyl (C=O) groups excluding carboxylic acids is 1. The lowest BCUT2D eigenvalue weighted by atomic mass is 10.1. The van der Waals surface area contributed by atoms with Crippen molar-refractivity contribution in [1.29, 1.82) is 0 Å². The number of nitrogens with zero attached hydrogens (tertiary/aromatic N) is 1. The van der Waals surface area contributed by atoms with Crippen molar-refractivity contribution in [3.05, 3.63) is 11.6 Å². The third kappa shape index (κ3) is 2.49. The highest BCUT2D eigenvalue weighted by Crippen LogP contribution is 2.30. The van der Waals surface area contributed by atoms with Crippen LogP contribution in [-0.2, 0) is 4.79 Å². The molecule has 0 radical (unpaired) electrons. The molecule has 0 spiro atoms. The molecular weight excluding hydrogens is 195 g/mol. The Balaban J connectivity index is 2.60. The Hall–Kier alpha value is -1.00. The van der Waals surface area contributed by atoms with Crippen molar-refractivity contribution < 1.29 is 18.0 Å². The number of hydrogen-bond acceptors (Lipinski definition) is 1. The van der Waals surface area contributed by atoms with Gasteiger partial charge in [-0.05, 0) is 6.42 Å². The smallest absolute Gasteiger partial charge is 0.339 e. The SMILES string of the molecule is CCC(=O)N1CC=C(C(F)(F)F)CC1. The van der Waals surface area contributed by atoms with Gasteiger partial charge in [-0.15, -0.1) is 0 Å². The average molecular weight is 207 g/mol. The summed E-state index contributed by atoms with van der Waals surface area (Å²) >= 11 is 0. The highest BCUT2D eigenvalue weighted by molar-refractivity contribution is 5.76. The Morgan fingerprint density at radius 1 is 1.57 bits per heavy atom. The molecule has 5 heteroatoms. The molecule has 1 heterocycles. The summed E-state index contributed by atoms with van der Waals surface area (Å²) in [5, 5.41) is 0. The molecule has 0 atom stereocenters. The highest BCUT2D eigenvalue weighted by Gasteiger charge is 2.35. The summed E-state index contributed by atoms with van der Waals surface area (Å²) in [6, 6.07) is 0. The van der Waals surface area contributed by atoms with E-state index >= 15 is 0 Å². The van der Waals surface area contributed by atoms with Gasteiger partial charge in [-0.1, -0.05) is 13.0 Å². The standard InChI is InChI=1S/C9H12F3NO/c1-2-8(14)13-5-3-7(4-6-13)9(10,11)12/h3H,2,4-6H2,1H3. The van der Waals surface area contributed by atoms with Gasteiger partial charge >= 0.3 is 6.18 Å². The average Bonchev–Trinajstić information content (AvgIpc) is 2.15. The van der Waals surface area contributed by atoms with E-state index in [9.17, 15) is 18.0 Å². The summed E-state index contributed by atoms with van der Waals surface area (Å²) in [5.41, 5.74) is -0.516. The molecule has 0 aromatic carbocycles. The van der Waals surface area contributed by atoms with Crippen LogP contribution in [0.4, 0.5) is 13.2 Å². The number of amides is 1. The summed E-state index contributed by atoms with van der Waals surface area (Å²) in [6.45, 7) is 1.96. The van der Waals surface area contributed by atoms with E-state index in [1.165, 1.54) is 4.90 Å². The fourth-order valence-electron chi connectivity index (χ4n) is 1.38. The molecular formula is C9H12F3NO. The molecule has 0 saturated carbocycles. The number of halogens is 3. The molecule has 1 amide bonds. The van der Waals surface area contributed by atoms with Gasteiger partial charge in [-0.3, -0.25) is 4.79 Å². The quantitative estimate of drug-likeness (QED) is 0.603. The second-order valence-corrected chi connectivity index (χ2v) is 3.17. The lowest BCUT2D eigenvalue weighted by Gasteiger charge is -2.26. The van der Waals surface area contributed by atoms with Gasteiger partial charge in [-0.2, -0.15) is 13.2 Å². The molecule has 0 bridgehead atoms. The Labute approximate surface area is 80.4 Å². The summed E-state index contributed by atoms with van der Waals surface area (Å²) in [5.74, 6) is -0.0949. The molecule has 14 heavy (non-hydrogen) atoms. The van der Waals surface area contributed by atoms with E-state index in [1.807, 2.05) is 0 Å². The van der Waals surface area contributed by atoms with Gasteiger partial charge < -0.3 is 4.90 Å². The van der Waals surface area contributed by atoms with E-state index < -0.39 is 11.7 Å².